The van der Waals surface area contributed by atoms with Crippen molar-refractivity contribution in [2.24, 2.45) is 5.92 Å². The predicted octanol–water partition coefficient (Wildman–Crippen LogP) is 0.529. The Hall–Kier alpha value is -0.860. The minimum atomic E-state index is -0.454. The van der Waals surface area contributed by atoms with E-state index in [1.54, 1.807) is 0 Å². The summed E-state index contributed by atoms with van der Waals surface area (Å²) in [5.74, 6) is -0.792. The number of methoxy groups -OCH3 is 1. The van der Waals surface area contributed by atoms with Gasteiger partial charge < -0.3 is 4.74 Å². The van der Waals surface area contributed by atoms with Gasteiger partial charge in [-0.05, 0) is 12.8 Å². The minimum absolute atomic E-state index is 0.0341. The molecule has 0 spiro atoms. The molecule has 1 rings (SSSR count). The highest BCUT2D eigenvalue weighted by molar-refractivity contribution is 6.00. The van der Waals surface area contributed by atoms with Gasteiger partial charge in [0.2, 0.25) is 0 Å². The zero-order valence-electron chi connectivity index (χ0n) is 5.92. The lowest BCUT2D eigenvalue weighted by Crippen LogP contribution is -2.19. The van der Waals surface area contributed by atoms with Crippen LogP contribution in [0.3, 0.4) is 0 Å². The van der Waals surface area contributed by atoms with Crippen molar-refractivity contribution in [2.75, 3.05) is 7.11 Å². The lowest BCUT2D eigenvalue weighted by atomic mass is 10.1. The van der Waals surface area contributed by atoms with E-state index in [2.05, 4.69) is 4.74 Å². The number of ether oxygens (including phenoxy) is 1. The Kier molecular flexibility index (Phi) is 2.04. The molecule has 0 bridgehead atoms. The normalized spacial score (nSPS) is 24.9. The number of esters is 1. The van der Waals surface area contributed by atoms with Crippen molar-refractivity contribution in [3.8, 4) is 0 Å². The molecular weight excluding hydrogens is 132 g/mol. The van der Waals surface area contributed by atoms with Gasteiger partial charge in [-0.15, -0.1) is 0 Å². The monoisotopic (exact) mass is 142 g/mol. The van der Waals surface area contributed by atoms with Crippen LogP contribution in [0.15, 0.2) is 0 Å². The Morgan fingerprint density at radius 2 is 2.40 bits per heavy atom. The topological polar surface area (TPSA) is 43.4 Å². The molecule has 1 aliphatic carbocycles. The standard InChI is InChI=1S/C7H10O3/c1-10-7(9)5-3-2-4-6(5)8/h5H,2-4H2,1H3/t5-/m1/s1. The number of carbonyl (C=O) groups is 2. The first-order chi connectivity index (χ1) is 4.75. The van der Waals surface area contributed by atoms with Crippen LogP contribution in [-0.4, -0.2) is 18.9 Å². The van der Waals surface area contributed by atoms with Crippen molar-refractivity contribution in [2.45, 2.75) is 19.3 Å². The number of hydrogen-bond donors (Lipinski definition) is 0. The average Bonchev–Trinajstić information content (AvgIpc) is 2.34. The summed E-state index contributed by atoms with van der Waals surface area (Å²) in [6.45, 7) is 0. The van der Waals surface area contributed by atoms with E-state index >= 15 is 0 Å². The third-order valence-electron chi connectivity index (χ3n) is 1.79. The smallest absolute Gasteiger partial charge is 0.316 e. The van der Waals surface area contributed by atoms with E-state index in [4.69, 9.17) is 0 Å². The molecule has 56 valence electrons. The number of rotatable bonds is 1. The fraction of sp³-hybridized carbons (Fsp3) is 0.714. The first-order valence-electron chi connectivity index (χ1n) is 3.36. The summed E-state index contributed by atoms with van der Waals surface area (Å²) in [6.07, 6.45) is 2.05. The molecule has 1 saturated carbocycles. The van der Waals surface area contributed by atoms with Gasteiger partial charge in [-0.2, -0.15) is 0 Å². The van der Waals surface area contributed by atoms with E-state index in [1.807, 2.05) is 0 Å². The lowest BCUT2D eigenvalue weighted by molar-refractivity contribution is -0.148. The van der Waals surface area contributed by atoms with Crippen LogP contribution < -0.4 is 0 Å². The van der Waals surface area contributed by atoms with Gasteiger partial charge in [0.15, 0.2) is 0 Å². The maximum Gasteiger partial charge on any atom is 0.316 e. The Morgan fingerprint density at radius 3 is 2.80 bits per heavy atom. The largest absolute Gasteiger partial charge is 0.468 e. The molecule has 0 aromatic carbocycles. The maximum atomic E-state index is 10.9. The minimum Gasteiger partial charge on any atom is -0.468 e. The molecule has 0 radical (unpaired) electrons. The Morgan fingerprint density at radius 1 is 1.70 bits per heavy atom. The number of carbonyl (C=O) groups excluding carboxylic acids is 2. The molecule has 0 unspecified atom stereocenters. The van der Waals surface area contributed by atoms with Gasteiger partial charge in [-0.1, -0.05) is 0 Å². The molecule has 3 nitrogen and oxygen atoms in total. The van der Waals surface area contributed by atoms with Crippen LogP contribution in [0.4, 0.5) is 0 Å². The lowest BCUT2D eigenvalue weighted by Gasteiger charge is -2.02. The highest BCUT2D eigenvalue weighted by Crippen LogP contribution is 2.21. The van der Waals surface area contributed by atoms with Crippen molar-refractivity contribution < 1.29 is 14.3 Å². The Bertz CT molecular complexity index is 162. The van der Waals surface area contributed by atoms with E-state index in [0.717, 1.165) is 6.42 Å². The van der Waals surface area contributed by atoms with Crippen LogP contribution in [0.25, 0.3) is 0 Å². The molecule has 10 heavy (non-hydrogen) atoms. The Balaban J connectivity index is 2.55. The summed E-state index contributed by atoms with van der Waals surface area (Å²) in [4.78, 5) is 21.7. The predicted molar refractivity (Wildman–Crippen MR) is 34.4 cm³/mol. The van der Waals surface area contributed by atoms with Crippen LogP contribution in [0.1, 0.15) is 19.3 Å². The molecule has 0 N–H and O–H groups in total. The molecule has 3 heteroatoms. The summed E-state index contributed by atoms with van der Waals surface area (Å²) in [5.41, 5.74) is 0. The zero-order valence-corrected chi connectivity index (χ0v) is 5.92. The highest BCUT2D eigenvalue weighted by Gasteiger charge is 2.31. The maximum absolute atomic E-state index is 10.9. The van der Waals surface area contributed by atoms with Gasteiger partial charge in [-0.3, -0.25) is 9.59 Å². The number of hydrogen-bond acceptors (Lipinski definition) is 3. The average molecular weight is 142 g/mol. The van der Waals surface area contributed by atoms with Crippen LogP contribution in [0.2, 0.25) is 0 Å². The van der Waals surface area contributed by atoms with Gasteiger partial charge in [0, 0.05) is 6.42 Å². The Labute approximate surface area is 59.4 Å². The summed E-state index contributed by atoms with van der Waals surface area (Å²) in [5, 5.41) is 0. The van der Waals surface area contributed by atoms with Gasteiger partial charge in [0.25, 0.3) is 0 Å². The van der Waals surface area contributed by atoms with Crippen molar-refractivity contribution in [1.82, 2.24) is 0 Å². The quantitative estimate of drug-likeness (QED) is 0.396. The second-order valence-electron chi connectivity index (χ2n) is 2.43. The third-order valence-corrected chi connectivity index (χ3v) is 1.79. The van der Waals surface area contributed by atoms with Crippen molar-refractivity contribution in [3.05, 3.63) is 0 Å². The number of ketones is 1. The molecule has 0 aromatic rings. The summed E-state index contributed by atoms with van der Waals surface area (Å²) in [6, 6.07) is 0. The first-order valence-corrected chi connectivity index (χ1v) is 3.36. The molecule has 0 aliphatic heterocycles. The SMILES string of the molecule is COC(=O)[C@@H]1CCCC1=O. The van der Waals surface area contributed by atoms with Gasteiger partial charge in [0.05, 0.1) is 7.11 Å². The first kappa shape index (κ1) is 7.25. The molecule has 1 fully saturated rings. The molecule has 0 heterocycles. The highest BCUT2D eigenvalue weighted by atomic mass is 16.5. The van der Waals surface area contributed by atoms with Crippen LogP contribution in [0, 0.1) is 5.92 Å². The summed E-state index contributed by atoms with van der Waals surface area (Å²) < 4.78 is 4.44. The second kappa shape index (κ2) is 2.82. The summed E-state index contributed by atoms with van der Waals surface area (Å²) >= 11 is 0. The summed E-state index contributed by atoms with van der Waals surface area (Å²) in [7, 11) is 1.31. The van der Waals surface area contributed by atoms with Crippen molar-refractivity contribution in [3.63, 3.8) is 0 Å². The molecule has 0 saturated heterocycles. The molecule has 0 aromatic heterocycles. The molecule has 1 atom stereocenters. The van der Waals surface area contributed by atoms with Gasteiger partial charge in [-0.25, -0.2) is 0 Å². The van der Waals surface area contributed by atoms with Crippen molar-refractivity contribution >= 4 is 11.8 Å². The fourth-order valence-corrected chi connectivity index (χ4v) is 1.21. The fourth-order valence-electron chi connectivity index (χ4n) is 1.21. The van der Waals surface area contributed by atoms with Crippen LogP contribution >= 0.6 is 0 Å². The zero-order chi connectivity index (χ0) is 7.56. The van der Waals surface area contributed by atoms with E-state index in [9.17, 15) is 9.59 Å². The van der Waals surface area contributed by atoms with Crippen molar-refractivity contribution in [1.29, 1.82) is 0 Å². The van der Waals surface area contributed by atoms with E-state index < -0.39 is 5.92 Å². The van der Waals surface area contributed by atoms with E-state index in [1.165, 1.54) is 7.11 Å². The third kappa shape index (κ3) is 1.17. The second-order valence-corrected chi connectivity index (χ2v) is 2.43. The van der Waals surface area contributed by atoms with E-state index in [-0.39, 0.29) is 11.8 Å². The van der Waals surface area contributed by atoms with Crippen LogP contribution in [0.5, 0.6) is 0 Å². The molecule has 1 aliphatic rings. The van der Waals surface area contributed by atoms with Gasteiger partial charge >= 0.3 is 5.97 Å². The number of Topliss-reactive ketones (excluding diaryl/α,β-unsaturated/α-hetero) is 1. The van der Waals surface area contributed by atoms with E-state index in [0.29, 0.717) is 12.8 Å². The van der Waals surface area contributed by atoms with Gasteiger partial charge in [0.1, 0.15) is 11.7 Å². The van der Waals surface area contributed by atoms with Crippen LogP contribution in [-0.2, 0) is 14.3 Å². The molecular formula is C7H10O3. The molecule has 0 amide bonds.